The van der Waals surface area contributed by atoms with E-state index in [2.05, 4.69) is 20.2 Å². The van der Waals surface area contributed by atoms with Crippen molar-refractivity contribution in [3.8, 4) is 5.82 Å². The Balaban J connectivity index is 2.44. The number of aromatic nitrogens is 4. The molecular formula is C8H8N6O. The van der Waals surface area contributed by atoms with Gasteiger partial charge in [0, 0.05) is 0 Å². The Morgan fingerprint density at radius 1 is 1.47 bits per heavy atom. The molecule has 2 heterocycles. The van der Waals surface area contributed by atoms with Crippen molar-refractivity contribution in [1.29, 1.82) is 0 Å². The van der Waals surface area contributed by atoms with E-state index in [-0.39, 0.29) is 5.84 Å². The van der Waals surface area contributed by atoms with E-state index >= 15 is 0 Å². The molecule has 0 spiro atoms. The first-order chi connectivity index (χ1) is 7.31. The molecule has 2 aromatic rings. The van der Waals surface area contributed by atoms with Gasteiger partial charge in [0.2, 0.25) is 0 Å². The van der Waals surface area contributed by atoms with Crippen molar-refractivity contribution in [3.63, 3.8) is 0 Å². The van der Waals surface area contributed by atoms with Crippen LogP contribution in [0.2, 0.25) is 0 Å². The average molecular weight is 204 g/mol. The average Bonchev–Trinajstić information content (AvgIpc) is 2.82. The monoisotopic (exact) mass is 204 g/mol. The third-order valence-electron chi connectivity index (χ3n) is 1.76. The summed E-state index contributed by atoms with van der Waals surface area (Å²) >= 11 is 0. The maximum Gasteiger partial charge on any atom is 0.188 e. The fraction of sp³-hybridized carbons (Fsp3) is 0. The van der Waals surface area contributed by atoms with Gasteiger partial charge in [0.05, 0.1) is 0 Å². The molecule has 15 heavy (non-hydrogen) atoms. The normalized spacial score (nSPS) is 11.6. The molecular weight excluding hydrogens is 196 g/mol. The van der Waals surface area contributed by atoms with Gasteiger partial charge in [0.25, 0.3) is 0 Å². The molecule has 0 aliphatic carbocycles. The highest BCUT2D eigenvalue weighted by Gasteiger charge is 2.03. The Hall–Kier alpha value is -2.44. The fourth-order valence-electron chi connectivity index (χ4n) is 1.07. The molecule has 0 amide bonds. The molecule has 0 bridgehead atoms. The van der Waals surface area contributed by atoms with Crippen molar-refractivity contribution >= 4 is 5.84 Å². The highest BCUT2D eigenvalue weighted by atomic mass is 16.4. The van der Waals surface area contributed by atoms with Gasteiger partial charge in [0.1, 0.15) is 18.3 Å². The third-order valence-corrected chi connectivity index (χ3v) is 1.76. The molecule has 0 saturated heterocycles. The van der Waals surface area contributed by atoms with E-state index in [0.29, 0.717) is 11.5 Å². The fourth-order valence-corrected chi connectivity index (χ4v) is 1.07. The van der Waals surface area contributed by atoms with Crippen LogP contribution in [0, 0.1) is 0 Å². The van der Waals surface area contributed by atoms with E-state index < -0.39 is 0 Å². The minimum atomic E-state index is -0.0445. The Kier molecular flexibility index (Phi) is 2.28. The van der Waals surface area contributed by atoms with Gasteiger partial charge in [-0.15, -0.1) is 0 Å². The zero-order valence-corrected chi connectivity index (χ0v) is 7.65. The van der Waals surface area contributed by atoms with E-state index in [9.17, 15) is 0 Å². The summed E-state index contributed by atoms with van der Waals surface area (Å²) in [7, 11) is 0. The third kappa shape index (κ3) is 1.75. The van der Waals surface area contributed by atoms with Crippen molar-refractivity contribution in [2.45, 2.75) is 0 Å². The molecule has 0 saturated carbocycles. The molecule has 2 aromatic heterocycles. The van der Waals surface area contributed by atoms with Crippen molar-refractivity contribution in [2.75, 3.05) is 0 Å². The standard InChI is InChI=1S/C8H8N6O/c9-8(13-15)6-2-1-3-7(12-6)14-5-10-4-11-14/h1-5,15H,(H2,9,13). The Labute approximate surface area is 84.9 Å². The zero-order valence-electron chi connectivity index (χ0n) is 7.65. The SMILES string of the molecule is NC(=NO)c1cccc(-n2cncn2)n1. The van der Waals surface area contributed by atoms with Crippen LogP contribution in [-0.4, -0.2) is 30.8 Å². The summed E-state index contributed by atoms with van der Waals surface area (Å²) in [5.74, 6) is 0.508. The van der Waals surface area contributed by atoms with Crippen LogP contribution in [0.5, 0.6) is 0 Å². The van der Waals surface area contributed by atoms with Crippen LogP contribution in [0.1, 0.15) is 5.69 Å². The first-order valence-corrected chi connectivity index (χ1v) is 4.11. The van der Waals surface area contributed by atoms with Crippen LogP contribution in [0.15, 0.2) is 36.0 Å². The number of nitrogens with zero attached hydrogens (tertiary/aromatic N) is 5. The summed E-state index contributed by atoms with van der Waals surface area (Å²) in [6.07, 6.45) is 2.91. The molecule has 0 aromatic carbocycles. The lowest BCUT2D eigenvalue weighted by atomic mass is 10.3. The topological polar surface area (TPSA) is 102 Å². The molecule has 7 heteroatoms. The van der Waals surface area contributed by atoms with Crippen LogP contribution in [0.4, 0.5) is 0 Å². The van der Waals surface area contributed by atoms with Crippen LogP contribution >= 0.6 is 0 Å². The zero-order chi connectivity index (χ0) is 10.7. The number of hydrogen-bond acceptors (Lipinski definition) is 5. The van der Waals surface area contributed by atoms with Crippen LogP contribution < -0.4 is 5.73 Å². The first kappa shape index (κ1) is 9.13. The number of nitrogens with two attached hydrogens (primary N) is 1. The van der Waals surface area contributed by atoms with Crippen LogP contribution in [0.25, 0.3) is 5.82 Å². The quantitative estimate of drug-likeness (QED) is 0.304. The highest BCUT2D eigenvalue weighted by molar-refractivity contribution is 5.95. The van der Waals surface area contributed by atoms with Crippen LogP contribution in [0.3, 0.4) is 0 Å². The summed E-state index contributed by atoms with van der Waals surface area (Å²) in [6, 6.07) is 5.11. The lowest BCUT2D eigenvalue weighted by molar-refractivity contribution is 0.318. The summed E-state index contributed by atoms with van der Waals surface area (Å²) in [4.78, 5) is 7.92. The molecule has 0 atom stereocenters. The number of hydrogen-bond donors (Lipinski definition) is 2. The van der Waals surface area contributed by atoms with Gasteiger partial charge in [-0.05, 0) is 12.1 Å². The van der Waals surface area contributed by atoms with Crippen molar-refractivity contribution in [2.24, 2.45) is 10.9 Å². The Morgan fingerprint density at radius 3 is 3.00 bits per heavy atom. The Bertz CT molecular complexity index is 478. The second-order valence-electron chi connectivity index (χ2n) is 2.71. The molecule has 0 fully saturated rings. The van der Waals surface area contributed by atoms with E-state index in [1.54, 1.807) is 18.2 Å². The summed E-state index contributed by atoms with van der Waals surface area (Å²) < 4.78 is 1.48. The van der Waals surface area contributed by atoms with Gasteiger partial charge in [0.15, 0.2) is 11.7 Å². The number of rotatable bonds is 2. The van der Waals surface area contributed by atoms with Crippen molar-refractivity contribution in [3.05, 3.63) is 36.5 Å². The predicted molar refractivity (Wildman–Crippen MR) is 51.7 cm³/mol. The first-order valence-electron chi connectivity index (χ1n) is 4.11. The van der Waals surface area contributed by atoms with Crippen LogP contribution in [-0.2, 0) is 0 Å². The molecule has 76 valence electrons. The summed E-state index contributed by atoms with van der Waals surface area (Å²) in [6.45, 7) is 0. The van der Waals surface area contributed by atoms with Gasteiger partial charge in [-0.25, -0.2) is 14.6 Å². The summed E-state index contributed by atoms with van der Waals surface area (Å²) in [5, 5.41) is 15.3. The number of pyridine rings is 1. The predicted octanol–water partition coefficient (Wildman–Crippen LogP) is -0.243. The van der Waals surface area contributed by atoms with E-state index in [4.69, 9.17) is 10.9 Å². The molecule has 0 aliphatic heterocycles. The lowest BCUT2D eigenvalue weighted by Gasteiger charge is -2.01. The van der Waals surface area contributed by atoms with E-state index in [1.807, 2.05) is 0 Å². The smallest absolute Gasteiger partial charge is 0.188 e. The van der Waals surface area contributed by atoms with Gasteiger partial charge < -0.3 is 10.9 Å². The Morgan fingerprint density at radius 2 is 2.33 bits per heavy atom. The lowest BCUT2D eigenvalue weighted by Crippen LogP contribution is -2.16. The molecule has 3 N–H and O–H groups in total. The molecule has 2 rings (SSSR count). The maximum absolute atomic E-state index is 8.50. The molecule has 7 nitrogen and oxygen atoms in total. The number of amidine groups is 1. The molecule has 0 radical (unpaired) electrons. The van der Waals surface area contributed by atoms with Gasteiger partial charge in [-0.1, -0.05) is 11.2 Å². The number of oxime groups is 1. The maximum atomic E-state index is 8.50. The van der Waals surface area contributed by atoms with Gasteiger partial charge >= 0.3 is 0 Å². The van der Waals surface area contributed by atoms with Gasteiger partial charge in [-0.3, -0.25) is 0 Å². The summed E-state index contributed by atoms with van der Waals surface area (Å²) in [5.41, 5.74) is 5.79. The van der Waals surface area contributed by atoms with Gasteiger partial charge in [-0.2, -0.15) is 5.10 Å². The van der Waals surface area contributed by atoms with Crippen molar-refractivity contribution in [1.82, 2.24) is 19.7 Å². The second-order valence-corrected chi connectivity index (χ2v) is 2.71. The minimum absolute atomic E-state index is 0.0445. The molecule has 0 unspecified atom stereocenters. The van der Waals surface area contributed by atoms with E-state index in [1.165, 1.54) is 17.3 Å². The minimum Gasteiger partial charge on any atom is -0.409 e. The highest BCUT2D eigenvalue weighted by Crippen LogP contribution is 2.03. The largest absolute Gasteiger partial charge is 0.409 e. The van der Waals surface area contributed by atoms with E-state index in [0.717, 1.165) is 0 Å². The second kappa shape index (κ2) is 3.74. The van der Waals surface area contributed by atoms with Crippen molar-refractivity contribution < 1.29 is 5.21 Å². The molecule has 0 aliphatic rings.